The van der Waals surface area contributed by atoms with Crippen molar-refractivity contribution in [1.82, 2.24) is 4.90 Å². The van der Waals surface area contributed by atoms with Crippen LogP contribution in [0.5, 0.6) is 0 Å². The van der Waals surface area contributed by atoms with Crippen molar-refractivity contribution in [1.29, 1.82) is 0 Å². The fourth-order valence-corrected chi connectivity index (χ4v) is 2.41. The van der Waals surface area contributed by atoms with Crippen LogP contribution in [-0.4, -0.2) is 42.4 Å². The first kappa shape index (κ1) is 19.9. The third-order valence-corrected chi connectivity index (χ3v) is 3.81. The lowest BCUT2D eigenvalue weighted by Crippen LogP contribution is -2.35. The number of esters is 1. The van der Waals surface area contributed by atoms with Gasteiger partial charge in [-0.3, -0.25) is 9.59 Å². The van der Waals surface area contributed by atoms with Gasteiger partial charge in [-0.2, -0.15) is 4.73 Å². The van der Waals surface area contributed by atoms with Crippen molar-refractivity contribution in [2.75, 3.05) is 25.0 Å². The summed E-state index contributed by atoms with van der Waals surface area (Å²) in [6.07, 6.45) is 1.16. The van der Waals surface area contributed by atoms with E-state index >= 15 is 0 Å². The summed E-state index contributed by atoms with van der Waals surface area (Å²) in [5.74, 6) is -1.61. The second-order valence-electron chi connectivity index (χ2n) is 5.59. The fourth-order valence-electron chi connectivity index (χ4n) is 2.41. The highest BCUT2D eigenvalue weighted by atomic mass is 16.5. The molecule has 2 aromatic rings. The second kappa shape index (κ2) is 9.33. The average Bonchev–Trinajstić information content (AvgIpc) is 2.67. The molecular formula is C19H21N3O5. The molecule has 0 atom stereocenters. The summed E-state index contributed by atoms with van der Waals surface area (Å²) < 4.78 is 5.21. The predicted molar refractivity (Wildman–Crippen MR) is 98.0 cm³/mol. The zero-order valence-electron chi connectivity index (χ0n) is 15.2. The highest BCUT2D eigenvalue weighted by Crippen LogP contribution is 2.13. The number of carbonyl (C=O) groups is 3. The Morgan fingerprint density at radius 3 is 2.52 bits per heavy atom. The molecule has 2 amide bonds. The molecular weight excluding hydrogens is 350 g/mol. The van der Waals surface area contributed by atoms with E-state index in [9.17, 15) is 19.6 Å². The van der Waals surface area contributed by atoms with Crippen LogP contribution in [0.2, 0.25) is 0 Å². The number of amides is 2. The monoisotopic (exact) mass is 371 g/mol. The normalized spacial score (nSPS) is 10.1. The van der Waals surface area contributed by atoms with Gasteiger partial charge in [0.05, 0.1) is 0 Å². The Morgan fingerprint density at radius 1 is 1.11 bits per heavy atom. The largest absolute Gasteiger partial charge is 0.618 e. The van der Waals surface area contributed by atoms with Gasteiger partial charge >= 0.3 is 11.7 Å². The Morgan fingerprint density at radius 2 is 1.85 bits per heavy atom. The third-order valence-electron chi connectivity index (χ3n) is 3.81. The van der Waals surface area contributed by atoms with Crippen molar-refractivity contribution >= 4 is 23.5 Å². The van der Waals surface area contributed by atoms with Gasteiger partial charge in [-0.25, -0.2) is 4.79 Å². The zero-order chi connectivity index (χ0) is 19.8. The van der Waals surface area contributed by atoms with Crippen molar-refractivity contribution in [3.63, 3.8) is 0 Å². The SMILES string of the molecule is CCN(CC)C(=O)c1cccc(NC(=O)COC(=O)c2cccc[n+]2[O-])c1. The quantitative estimate of drug-likeness (QED) is 0.452. The van der Waals surface area contributed by atoms with E-state index in [-0.39, 0.29) is 11.6 Å². The summed E-state index contributed by atoms with van der Waals surface area (Å²) in [5, 5.41) is 14.0. The van der Waals surface area contributed by atoms with Crippen LogP contribution in [0.4, 0.5) is 5.69 Å². The number of hydrogen-bond donors (Lipinski definition) is 1. The Balaban J connectivity index is 1.96. The first-order chi connectivity index (χ1) is 13.0. The second-order valence-corrected chi connectivity index (χ2v) is 5.59. The van der Waals surface area contributed by atoms with Gasteiger partial charge < -0.3 is 20.2 Å². The van der Waals surface area contributed by atoms with Gasteiger partial charge in [-0.1, -0.05) is 6.07 Å². The number of anilines is 1. The molecule has 0 saturated heterocycles. The molecule has 0 aliphatic rings. The van der Waals surface area contributed by atoms with Crippen molar-refractivity contribution in [2.24, 2.45) is 0 Å². The summed E-state index contributed by atoms with van der Waals surface area (Å²) in [6, 6.07) is 10.8. The molecule has 0 saturated carbocycles. The lowest BCUT2D eigenvalue weighted by molar-refractivity contribution is -0.608. The molecule has 1 aromatic heterocycles. The van der Waals surface area contributed by atoms with Gasteiger partial charge in [0.25, 0.3) is 11.8 Å². The van der Waals surface area contributed by atoms with Gasteiger partial charge in [-0.15, -0.1) is 0 Å². The lowest BCUT2D eigenvalue weighted by atomic mass is 10.1. The van der Waals surface area contributed by atoms with Crippen molar-refractivity contribution in [2.45, 2.75) is 13.8 Å². The predicted octanol–water partition coefficient (Wildman–Crippen LogP) is 1.60. The molecule has 0 aliphatic carbocycles. The smallest absolute Gasteiger partial charge is 0.405 e. The molecule has 0 aliphatic heterocycles. The number of rotatable bonds is 7. The lowest BCUT2D eigenvalue weighted by Gasteiger charge is -2.19. The number of benzene rings is 1. The Kier molecular flexibility index (Phi) is 6.87. The van der Waals surface area contributed by atoms with E-state index in [0.717, 1.165) is 6.20 Å². The average molecular weight is 371 g/mol. The molecule has 2 rings (SSSR count). The van der Waals surface area contributed by atoms with Crippen molar-refractivity contribution < 1.29 is 23.9 Å². The van der Waals surface area contributed by atoms with Crippen LogP contribution in [0.1, 0.15) is 34.7 Å². The van der Waals surface area contributed by atoms with Crippen molar-refractivity contribution in [3.05, 3.63) is 65.1 Å². The minimum absolute atomic E-state index is 0.133. The number of aromatic nitrogens is 1. The number of nitrogens with zero attached hydrogens (tertiary/aromatic N) is 2. The highest BCUT2D eigenvalue weighted by molar-refractivity contribution is 5.98. The Labute approximate surface area is 156 Å². The first-order valence-electron chi connectivity index (χ1n) is 8.50. The molecule has 0 spiro atoms. The molecule has 27 heavy (non-hydrogen) atoms. The van der Waals surface area contributed by atoms with Crippen LogP contribution >= 0.6 is 0 Å². The third kappa shape index (κ3) is 5.27. The van der Waals surface area contributed by atoms with Gasteiger partial charge in [0.15, 0.2) is 12.8 Å². The van der Waals surface area contributed by atoms with Crippen LogP contribution in [0, 0.1) is 5.21 Å². The molecule has 0 unspecified atom stereocenters. The summed E-state index contributed by atoms with van der Waals surface area (Å²) in [5.41, 5.74) is 0.648. The van der Waals surface area contributed by atoms with E-state index in [2.05, 4.69) is 5.32 Å². The Bertz CT molecular complexity index is 834. The maximum Gasteiger partial charge on any atom is 0.405 e. The minimum atomic E-state index is -0.897. The van der Waals surface area contributed by atoms with Crippen LogP contribution < -0.4 is 10.0 Å². The summed E-state index contributed by atoms with van der Waals surface area (Å²) in [7, 11) is 0. The molecule has 0 radical (unpaired) electrons. The highest BCUT2D eigenvalue weighted by Gasteiger charge is 2.18. The molecule has 142 valence electrons. The maximum absolute atomic E-state index is 12.4. The first-order valence-corrected chi connectivity index (χ1v) is 8.50. The number of ether oxygens (including phenoxy) is 1. The Hall–Kier alpha value is -3.42. The molecule has 0 fully saturated rings. The van der Waals surface area contributed by atoms with Gasteiger partial charge in [0.1, 0.15) is 0 Å². The molecule has 0 bridgehead atoms. The number of hydrogen-bond acceptors (Lipinski definition) is 5. The fraction of sp³-hybridized carbons (Fsp3) is 0.263. The van der Waals surface area contributed by atoms with E-state index in [1.807, 2.05) is 13.8 Å². The standard InChI is InChI=1S/C19H21N3O5/c1-3-21(4-2)18(24)14-8-7-9-15(12-14)20-17(23)13-27-19(25)16-10-5-6-11-22(16)26/h5-12H,3-4,13H2,1-2H3,(H,20,23). The van der Waals surface area contributed by atoms with Gasteiger partial charge in [0.2, 0.25) is 0 Å². The van der Waals surface area contributed by atoms with E-state index in [1.54, 1.807) is 29.2 Å². The van der Waals surface area contributed by atoms with Crippen LogP contribution in [-0.2, 0) is 9.53 Å². The summed E-state index contributed by atoms with van der Waals surface area (Å²) in [4.78, 5) is 37.9. The molecule has 8 nitrogen and oxygen atoms in total. The van der Waals surface area contributed by atoms with E-state index in [1.165, 1.54) is 18.2 Å². The number of carbonyl (C=O) groups excluding carboxylic acids is 3. The van der Waals surface area contributed by atoms with Gasteiger partial charge in [-0.05, 0) is 38.1 Å². The van der Waals surface area contributed by atoms with Crippen molar-refractivity contribution in [3.8, 4) is 0 Å². The van der Waals surface area contributed by atoms with Crippen LogP contribution in [0.3, 0.4) is 0 Å². The van der Waals surface area contributed by atoms with E-state index < -0.39 is 18.5 Å². The minimum Gasteiger partial charge on any atom is -0.618 e. The molecule has 1 aromatic carbocycles. The number of nitrogens with one attached hydrogen (secondary N) is 1. The van der Waals surface area contributed by atoms with Crippen LogP contribution in [0.15, 0.2) is 48.7 Å². The summed E-state index contributed by atoms with van der Waals surface area (Å²) >= 11 is 0. The number of pyridine rings is 1. The summed E-state index contributed by atoms with van der Waals surface area (Å²) in [6.45, 7) is 4.39. The van der Waals surface area contributed by atoms with Crippen LogP contribution in [0.25, 0.3) is 0 Å². The topological polar surface area (TPSA) is 103 Å². The van der Waals surface area contributed by atoms with E-state index in [0.29, 0.717) is 29.1 Å². The van der Waals surface area contributed by atoms with Gasteiger partial charge in [0, 0.05) is 36.5 Å². The molecule has 1 heterocycles. The maximum atomic E-state index is 12.4. The van der Waals surface area contributed by atoms with E-state index in [4.69, 9.17) is 4.74 Å². The zero-order valence-corrected chi connectivity index (χ0v) is 15.2. The molecule has 1 N–H and O–H groups in total. The molecule has 8 heteroatoms.